The lowest BCUT2D eigenvalue weighted by Crippen LogP contribution is -2.10. The number of aryl methyl sites for hydroxylation is 2. The molecule has 3 aromatic carbocycles. The second-order valence-corrected chi connectivity index (χ2v) is 8.86. The van der Waals surface area contributed by atoms with Gasteiger partial charge in [0.05, 0.1) is 19.5 Å². The number of nitrogens with one attached hydrogen (secondary N) is 1. The maximum Gasteiger partial charge on any atom is 0.248 e. The largest absolute Gasteiger partial charge is 0.494 e. The Hall–Kier alpha value is -3.99. The van der Waals surface area contributed by atoms with Crippen LogP contribution in [0, 0.1) is 20.8 Å². The van der Waals surface area contributed by atoms with E-state index in [0.29, 0.717) is 13.2 Å². The summed E-state index contributed by atoms with van der Waals surface area (Å²) in [6.07, 6.45) is 3.40. The van der Waals surface area contributed by atoms with E-state index in [1.54, 1.807) is 12.3 Å². The van der Waals surface area contributed by atoms with Gasteiger partial charge < -0.3 is 19.2 Å². The molecule has 36 heavy (non-hydrogen) atoms. The van der Waals surface area contributed by atoms with Gasteiger partial charge in [0.15, 0.2) is 0 Å². The van der Waals surface area contributed by atoms with Gasteiger partial charge in [0, 0.05) is 33.8 Å². The van der Waals surface area contributed by atoms with Crippen LogP contribution in [0.25, 0.3) is 27.7 Å². The summed E-state index contributed by atoms with van der Waals surface area (Å²) < 4.78 is 17.6. The number of benzene rings is 3. The van der Waals surface area contributed by atoms with Crippen molar-refractivity contribution in [1.82, 2.24) is 0 Å². The van der Waals surface area contributed by atoms with Crippen molar-refractivity contribution in [1.29, 1.82) is 0 Å². The van der Waals surface area contributed by atoms with E-state index in [0.717, 1.165) is 67.1 Å². The Labute approximate surface area is 212 Å². The Morgan fingerprint density at radius 2 is 1.69 bits per heavy atom. The topological polar surface area (TPSA) is 60.7 Å². The predicted molar refractivity (Wildman–Crippen MR) is 147 cm³/mol. The van der Waals surface area contributed by atoms with Gasteiger partial charge in [-0.25, -0.2) is 0 Å². The minimum Gasteiger partial charge on any atom is -0.494 e. The molecular formula is C31H33NO4. The van der Waals surface area contributed by atoms with Gasteiger partial charge in [0.2, 0.25) is 5.91 Å². The average molecular weight is 484 g/mol. The highest BCUT2D eigenvalue weighted by molar-refractivity contribution is 6.06. The Morgan fingerprint density at radius 3 is 2.39 bits per heavy atom. The maximum absolute atomic E-state index is 12.9. The Kier molecular flexibility index (Phi) is 7.49. The number of hydrogen-bond acceptors (Lipinski definition) is 4. The molecule has 0 spiro atoms. The molecule has 4 rings (SSSR count). The molecule has 0 fully saturated rings. The van der Waals surface area contributed by atoms with Gasteiger partial charge in [0.25, 0.3) is 0 Å². The number of hydrogen-bond donors (Lipinski definition) is 1. The number of amides is 1. The fraction of sp³-hybridized carbons (Fsp3) is 0.258. The van der Waals surface area contributed by atoms with Crippen LogP contribution in [0.15, 0.2) is 65.3 Å². The van der Waals surface area contributed by atoms with Crippen LogP contribution in [0.4, 0.5) is 5.69 Å². The quantitative estimate of drug-likeness (QED) is 0.259. The van der Waals surface area contributed by atoms with E-state index in [1.807, 2.05) is 84.0 Å². The first-order chi connectivity index (χ1) is 17.3. The summed E-state index contributed by atoms with van der Waals surface area (Å²) in [6, 6.07) is 15.9. The third-order valence-electron chi connectivity index (χ3n) is 6.44. The maximum atomic E-state index is 12.9. The van der Waals surface area contributed by atoms with Crippen molar-refractivity contribution in [2.45, 2.75) is 41.5 Å². The lowest BCUT2D eigenvalue weighted by Gasteiger charge is -2.15. The molecule has 0 aliphatic heterocycles. The molecule has 1 amide bonds. The number of fused-ring (bicyclic) bond motifs is 1. The van der Waals surface area contributed by atoms with Gasteiger partial charge in [-0.3, -0.25) is 4.79 Å². The minimum absolute atomic E-state index is 0.180. The summed E-state index contributed by atoms with van der Waals surface area (Å²) in [5.74, 6) is 1.38. The monoisotopic (exact) mass is 483 g/mol. The first kappa shape index (κ1) is 25.1. The second-order valence-electron chi connectivity index (χ2n) is 8.86. The van der Waals surface area contributed by atoms with Crippen molar-refractivity contribution >= 4 is 28.1 Å². The molecule has 0 saturated heterocycles. The molecule has 1 N–H and O–H groups in total. The van der Waals surface area contributed by atoms with E-state index < -0.39 is 0 Å². The van der Waals surface area contributed by atoms with Crippen molar-refractivity contribution in [2.24, 2.45) is 0 Å². The van der Waals surface area contributed by atoms with Crippen LogP contribution >= 0.6 is 0 Å². The third kappa shape index (κ3) is 5.01. The van der Waals surface area contributed by atoms with Crippen LogP contribution in [-0.4, -0.2) is 19.1 Å². The summed E-state index contributed by atoms with van der Waals surface area (Å²) in [4.78, 5) is 12.9. The van der Waals surface area contributed by atoms with Crippen LogP contribution in [0.5, 0.6) is 11.5 Å². The van der Waals surface area contributed by atoms with Gasteiger partial charge in [-0.2, -0.15) is 0 Å². The molecular weight excluding hydrogens is 450 g/mol. The molecule has 5 heteroatoms. The second kappa shape index (κ2) is 10.7. The van der Waals surface area contributed by atoms with E-state index in [-0.39, 0.29) is 5.91 Å². The fourth-order valence-corrected chi connectivity index (χ4v) is 4.39. The summed E-state index contributed by atoms with van der Waals surface area (Å²) in [5.41, 5.74) is 8.37. The number of rotatable bonds is 8. The SMILES string of the molecule is CCOc1ccc(-c2coc3c(C)c(OCC)c(/C(C)=C/C(=O)Nc4cccc(C)c4C)cc23)cc1. The van der Waals surface area contributed by atoms with Crippen LogP contribution in [0.2, 0.25) is 0 Å². The van der Waals surface area contributed by atoms with E-state index in [2.05, 4.69) is 11.4 Å². The van der Waals surface area contributed by atoms with Crippen molar-refractivity contribution in [3.63, 3.8) is 0 Å². The fourth-order valence-electron chi connectivity index (χ4n) is 4.39. The predicted octanol–water partition coefficient (Wildman–Crippen LogP) is 7.86. The molecule has 0 atom stereocenters. The zero-order valence-corrected chi connectivity index (χ0v) is 21.8. The zero-order chi connectivity index (χ0) is 25.8. The van der Waals surface area contributed by atoms with Gasteiger partial charge in [-0.05, 0) is 88.1 Å². The highest BCUT2D eigenvalue weighted by Crippen LogP contribution is 2.41. The van der Waals surface area contributed by atoms with Crippen molar-refractivity contribution < 1.29 is 18.7 Å². The number of furan rings is 1. The number of carbonyl (C=O) groups is 1. The van der Waals surface area contributed by atoms with Gasteiger partial charge >= 0.3 is 0 Å². The first-order valence-electron chi connectivity index (χ1n) is 12.3. The zero-order valence-electron chi connectivity index (χ0n) is 21.8. The van der Waals surface area contributed by atoms with Crippen LogP contribution in [0.1, 0.15) is 43.0 Å². The van der Waals surface area contributed by atoms with Gasteiger partial charge in [-0.15, -0.1) is 0 Å². The van der Waals surface area contributed by atoms with Gasteiger partial charge in [-0.1, -0.05) is 24.3 Å². The average Bonchev–Trinajstić information content (AvgIpc) is 3.28. The van der Waals surface area contributed by atoms with E-state index in [9.17, 15) is 4.79 Å². The van der Waals surface area contributed by atoms with Gasteiger partial charge in [0.1, 0.15) is 17.1 Å². The highest BCUT2D eigenvalue weighted by atomic mass is 16.5. The Morgan fingerprint density at radius 1 is 0.972 bits per heavy atom. The minimum atomic E-state index is -0.180. The molecule has 0 radical (unpaired) electrons. The van der Waals surface area contributed by atoms with E-state index >= 15 is 0 Å². The number of carbonyl (C=O) groups excluding carboxylic acids is 1. The molecule has 5 nitrogen and oxygen atoms in total. The Balaban J connectivity index is 1.75. The summed E-state index contributed by atoms with van der Waals surface area (Å²) in [7, 11) is 0. The Bertz CT molecular complexity index is 1430. The molecule has 0 aliphatic rings. The molecule has 186 valence electrons. The van der Waals surface area contributed by atoms with E-state index in [4.69, 9.17) is 13.9 Å². The molecule has 0 bridgehead atoms. The molecule has 0 saturated carbocycles. The molecule has 1 heterocycles. The van der Waals surface area contributed by atoms with Crippen molar-refractivity contribution in [3.05, 3.63) is 83.1 Å². The van der Waals surface area contributed by atoms with Crippen molar-refractivity contribution in [3.8, 4) is 22.6 Å². The normalized spacial score (nSPS) is 11.6. The summed E-state index contributed by atoms with van der Waals surface area (Å²) in [6.45, 7) is 13.0. The lowest BCUT2D eigenvalue weighted by atomic mass is 9.96. The molecule has 0 unspecified atom stereocenters. The number of ether oxygens (including phenoxy) is 2. The molecule has 1 aromatic heterocycles. The highest BCUT2D eigenvalue weighted by Gasteiger charge is 2.19. The smallest absolute Gasteiger partial charge is 0.248 e. The first-order valence-corrected chi connectivity index (χ1v) is 12.3. The number of allylic oxidation sites excluding steroid dienone is 1. The van der Waals surface area contributed by atoms with E-state index in [1.165, 1.54) is 0 Å². The van der Waals surface area contributed by atoms with Crippen molar-refractivity contribution in [2.75, 3.05) is 18.5 Å². The molecule has 0 aliphatic carbocycles. The standard InChI is InChI=1S/C31H33NO4/c1-7-34-24-14-12-23(13-15-24)27-18-36-31-22(6)30(35-8-2)25(17-26(27)31)20(4)16-29(33)32-28-11-9-10-19(3)21(28)5/h9-18H,7-8H2,1-6H3,(H,32,33)/b20-16+. The lowest BCUT2D eigenvalue weighted by molar-refractivity contribution is -0.111. The van der Waals surface area contributed by atoms with Crippen LogP contribution in [0.3, 0.4) is 0 Å². The number of anilines is 1. The molecule has 4 aromatic rings. The van der Waals surface area contributed by atoms with Crippen LogP contribution < -0.4 is 14.8 Å². The summed E-state index contributed by atoms with van der Waals surface area (Å²) in [5, 5.41) is 3.99. The van der Waals surface area contributed by atoms with Crippen LogP contribution in [-0.2, 0) is 4.79 Å². The summed E-state index contributed by atoms with van der Waals surface area (Å²) >= 11 is 0. The third-order valence-corrected chi connectivity index (χ3v) is 6.44.